The number of fused-ring (bicyclic) bond motifs is 1. The summed E-state index contributed by atoms with van der Waals surface area (Å²) in [5.41, 5.74) is 4.62. The molecular weight excluding hydrogens is 437 g/mol. The number of nitrogens with one attached hydrogen (secondary N) is 2. The number of rotatable bonds is 7. The maximum Gasteiger partial charge on any atom is 0.255 e. The van der Waals surface area contributed by atoms with Crippen molar-refractivity contribution in [1.82, 2.24) is 14.8 Å². The molecule has 0 aliphatic carbocycles. The van der Waals surface area contributed by atoms with Crippen LogP contribution in [0.5, 0.6) is 0 Å². The van der Waals surface area contributed by atoms with E-state index in [4.69, 9.17) is 0 Å². The fraction of sp³-hybridized carbons (Fsp3) is 0.320. The van der Waals surface area contributed by atoms with E-state index < -0.39 is 6.04 Å². The van der Waals surface area contributed by atoms with E-state index in [9.17, 15) is 9.18 Å². The van der Waals surface area contributed by atoms with Gasteiger partial charge in [-0.1, -0.05) is 49.4 Å². The minimum absolute atomic E-state index is 0.260. The number of carbonyl (C=O) groups excluding carboxylic acids is 1. The first-order chi connectivity index (χ1) is 15.9. The molecule has 2 heterocycles. The second kappa shape index (κ2) is 9.79. The zero-order valence-electron chi connectivity index (χ0n) is 19.3. The number of hydrogen-bond acceptors (Lipinski definition) is 5. The lowest BCUT2D eigenvalue weighted by Gasteiger charge is -2.29. The van der Waals surface area contributed by atoms with Gasteiger partial charge in [0.2, 0.25) is 11.1 Å². The molecule has 1 unspecified atom stereocenters. The predicted octanol–water partition coefficient (Wildman–Crippen LogP) is 5.85. The van der Waals surface area contributed by atoms with Crippen LogP contribution in [-0.2, 0) is 4.79 Å². The van der Waals surface area contributed by atoms with Crippen LogP contribution in [-0.4, -0.2) is 26.4 Å². The van der Waals surface area contributed by atoms with Crippen molar-refractivity contribution in [2.24, 2.45) is 0 Å². The normalized spacial score (nSPS) is 15.2. The minimum Gasteiger partial charge on any atom is -0.328 e. The number of nitrogens with zero attached hydrogens (tertiary/aromatic N) is 3. The monoisotopic (exact) mass is 465 g/mol. The lowest BCUT2D eigenvalue weighted by atomic mass is 9.94. The molecule has 0 bridgehead atoms. The minimum atomic E-state index is -0.602. The summed E-state index contributed by atoms with van der Waals surface area (Å²) in [5, 5.41) is 11.6. The van der Waals surface area contributed by atoms with Gasteiger partial charge in [0.25, 0.3) is 5.91 Å². The molecule has 0 spiro atoms. The number of hydrogen-bond donors (Lipinski definition) is 2. The molecule has 0 fully saturated rings. The molecule has 1 aliphatic heterocycles. The zero-order valence-corrected chi connectivity index (χ0v) is 20.1. The highest BCUT2D eigenvalue weighted by Crippen LogP contribution is 2.37. The zero-order chi connectivity index (χ0) is 23.5. The van der Waals surface area contributed by atoms with Crippen molar-refractivity contribution in [1.29, 1.82) is 0 Å². The van der Waals surface area contributed by atoms with Gasteiger partial charge in [-0.25, -0.2) is 9.07 Å². The second-order valence-electron chi connectivity index (χ2n) is 8.19. The molecular formula is C25H28FN5OS. The van der Waals surface area contributed by atoms with Crippen LogP contribution in [0.2, 0.25) is 0 Å². The topological polar surface area (TPSA) is 71.8 Å². The molecule has 1 amide bonds. The molecule has 33 heavy (non-hydrogen) atoms. The number of anilines is 2. The molecule has 1 atom stereocenters. The van der Waals surface area contributed by atoms with Gasteiger partial charge >= 0.3 is 0 Å². The van der Waals surface area contributed by atoms with Crippen molar-refractivity contribution in [2.75, 3.05) is 16.4 Å². The third-order valence-electron chi connectivity index (χ3n) is 5.82. The summed E-state index contributed by atoms with van der Waals surface area (Å²) in [6, 6.07) is 11.5. The molecule has 6 nitrogen and oxygen atoms in total. The smallest absolute Gasteiger partial charge is 0.255 e. The summed E-state index contributed by atoms with van der Waals surface area (Å²) in [6.45, 7) is 7.96. The highest BCUT2D eigenvalue weighted by Gasteiger charge is 2.34. The van der Waals surface area contributed by atoms with Gasteiger partial charge in [-0.3, -0.25) is 4.79 Å². The fourth-order valence-electron chi connectivity index (χ4n) is 3.86. The first kappa shape index (κ1) is 23.0. The summed E-state index contributed by atoms with van der Waals surface area (Å²) in [4.78, 5) is 18.2. The molecule has 172 valence electrons. The summed E-state index contributed by atoms with van der Waals surface area (Å²) in [5.74, 6) is 0.835. The fourth-order valence-corrected chi connectivity index (χ4v) is 4.77. The van der Waals surface area contributed by atoms with E-state index in [1.807, 2.05) is 45.0 Å². The average molecular weight is 466 g/mol. The van der Waals surface area contributed by atoms with Crippen LogP contribution in [0, 0.1) is 19.7 Å². The molecule has 8 heteroatoms. The van der Waals surface area contributed by atoms with E-state index in [1.165, 1.54) is 12.1 Å². The number of amides is 1. The number of halogens is 1. The Morgan fingerprint density at radius 1 is 1.21 bits per heavy atom. The van der Waals surface area contributed by atoms with Gasteiger partial charge in [-0.05, 0) is 62.1 Å². The van der Waals surface area contributed by atoms with Gasteiger partial charge in [0.05, 0.1) is 5.57 Å². The Morgan fingerprint density at radius 2 is 2.00 bits per heavy atom. The van der Waals surface area contributed by atoms with Gasteiger partial charge in [0.1, 0.15) is 11.9 Å². The molecule has 4 rings (SSSR count). The summed E-state index contributed by atoms with van der Waals surface area (Å²) < 4.78 is 15.9. The molecule has 1 aromatic heterocycles. The maximum absolute atomic E-state index is 14.2. The van der Waals surface area contributed by atoms with Crippen molar-refractivity contribution in [3.8, 4) is 0 Å². The van der Waals surface area contributed by atoms with Crippen LogP contribution >= 0.6 is 11.8 Å². The number of aromatic nitrogens is 3. The van der Waals surface area contributed by atoms with Gasteiger partial charge in [-0.15, -0.1) is 5.10 Å². The lowest BCUT2D eigenvalue weighted by Crippen LogP contribution is -2.31. The van der Waals surface area contributed by atoms with Crippen LogP contribution in [0.1, 0.15) is 49.4 Å². The van der Waals surface area contributed by atoms with Crippen LogP contribution in [0.4, 0.5) is 16.0 Å². The standard InChI is InChI=1S/C25H28FN5OS/c1-5-6-13-33-25-29-24-27-17(4)21(23(32)28-20-12-7-9-15(2)16(20)3)22(31(24)30-25)18-10-8-11-19(26)14-18/h7-12,14,22H,5-6,13H2,1-4H3,(H,28,32)(H,27,29,30). The van der Waals surface area contributed by atoms with Crippen LogP contribution in [0.15, 0.2) is 58.9 Å². The van der Waals surface area contributed by atoms with Crippen molar-refractivity contribution in [3.05, 3.63) is 76.2 Å². The van der Waals surface area contributed by atoms with Gasteiger partial charge in [0, 0.05) is 17.1 Å². The van der Waals surface area contributed by atoms with Crippen molar-refractivity contribution in [2.45, 2.75) is 51.7 Å². The van der Waals surface area contributed by atoms with E-state index in [2.05, 4.69) is 27.6 Å². The number of unbranched alkanes of at least 4 members (excludes halogenated alkanes) is 1. The van der Waals surface area contributed by atoms with Crippen molar-refractivity contribution >= 4 is 29.3 Å². The number of thioether (sulfide) groups is 1. The summed E-state index contributed by atoms with van der Waals surface area (Å²) in [6.07, 6.45) is 2.16. The number of allylic oxidation sites excluding steroid dienone is 1. The number of carbonyl (C=O) groups is 1. The Kier molecular flexibility index (Phi) is 6.83. The Labute approximate surface area is 197 Å². The van der Waals surface area contributed by atoms with E-state index in [0.717, 1.165) is 35.4 Å². The molecule has 2 aromatic carbocycles. The van der Waals surface area contributed by atoms with Crippen molar-refractivity contribution in [3.63, 3.8) is 0 Å². The summed E-state index contributed by atoms with van der Waals surface area (Å²) >= 11 is 1.58. The average Bonchev–Trinajstić information content (AvgIpc) is 3.18. The van der Waals surface area contributed by atoms with Crippen LogP contribution in [0.25, 0.3) is 0 Å². The largest absolute Gasteiger partial charge is 0.328 e. The first-order valence-electron chi connectivity index (χ1n) is 11.1. The SMILES string of the molecule is CCCCSc1nc2n(n1)C(c1cccc(F)c1)C(C(=O)Nc1cccc(C)c1C)=C(C)N2. The van der Waals surface area contributed by atoms with E-state index in [1.54, 1.807) is 22.5 Å². The van der Waals surface area contributed by atoms with E-state index in [0.29, 0.717) is 27.9 Å². The highest BCUT2D eigenvalue weighted by molar-refractivity contribution is 7.99. The Hall–Kier alpha value is -3.13. The molecule has 0 radical (unpaired) electrons. The number of aryl methyl sites for hydroxylation is 1. The third-order valence-corrected chi connectivity index (χ3v) is 6.75. The molecule has 3 aromatic rings. The quantitative estimate of drug-likeness (QED) is 0.338. The predicted molar refractivity (Wildman–Crippen MR) is 131 cm³/mol. The van der Waals surface area contributed by atoms with Crippen LogP contribution < -0.4 is 10.6 Å². The highest BCUT2D eigenvalue weighted by atomic mass is 32.2. The second-order valence-corrected chi connectivity index (χ2v) is 9.25. The van der Waals surface area contributed by atoms with Gasteiger partial charge < -0.3 is 10.6 Å². The van der Waals surface area contributed by atoms with Gasteiger partial charge in [-0.2, -0.15) is 4.98 Å². The molecule has 2 N–H and O–H groups in total. The van der Waals surface area contributed by atoms with E-state index >= 15 is 0 Å². The molecule has 1 aliphatic rings. The Morgan fingerprint density at radius 3 is 2.76 bits per heavy atom. The first-order valence-corrected chi connectivity index (χ1v) is 12.1. The molecule has 0 saturated heterocycles. The van der Waals surface area contributed by atoms with Crippen molar-refractivity contribution < 1.29 is 9.18 Å². The Balaban J connectivity index is 1.74. The van der Waals surface area contributed by atoms with Gasteiger partial charge in [0.15, 0.2) is 0 Å². The molecule has 0 saturated carbocycles. The summed E-state index contributed by atoms with van der Waals surface area (Å²) in [7, 11) is 0. The van der Waals surface area contributed by atoms with Crippen LogP contribution in [0.3, 0.4) is 0 Å². The lowest BCUT2D eigenvalue weighted by molar-refractivity contribution is -0.113. The number of benzene rings is 2. The Bertz CT molecular complexity index is 1220. The third kappa shape index (κ3) is 4.80. The van der Waals surface area contributed by atoms with E-state index in [-0.39, 0.29) is 11.7 Å². The maximum atomic E-state index is 14.2.